The zero-order valence-electron chi connectivity index (χ0n) is 8.73. The highest BCUT2D eigenvalue weighted by Gasteiger charge is 2.34. The van der Waals surface area contributed by atoms with Crippen molar-refractivity contribution in [3.8, 4) is 6.07 Å². The molecule has 14 heavy (non-hydrogen) atoms. The highest BCUT2D eigenvalue weighted by atomic mass is 16.3. The normalized spacial score (nSPS) is 17.1. The zero-order chi connectivity index (χ0) is 10.8. The molecule has 0 fully saturated rings. The van der Waals surface area contributed by atoms with E-state index in [1.165, 1.54) is 0 Å². The molecule has 4 heteroatoms. The van der Waals surface area contributed by atoms with Crippen molar-refractivity contribution in [1.29, 1.82) is 5.26 Å². The van der Waals surface area contributed by atoms with Gasteiger partial charge in [0, 0.05) is 19.4 Å². The molecule has 0 aliphatic heterocycles. The lowest BCUT2D eigenvalue weighted by Crippen LogP contribution is -2.25. The van der Waals surface area contributed by atoms with Gasteiger partial charge < -0.3 is 9.67 Å². The van der Waals surface area contributed by atoms with Gasteiger partial charge in [-0.3, -0.25) is 0 Å². The van der Waals surface area contributed by atoms with Crippen LogP contribution in [0.4, 0.5) is 0 Å². The van der Waals surface area contributed by atoms with Crippen molar-refractivity contribution < 1.29 is 5.11 Å². The van der Waals surface area contributed by atoms with Gasteiger partial charge in [-0.2, -0.15) is 5.26 Å². The van der Waals surface area contributed by atoms with Gasteiger partial charge in [-0.05, 0) is 13.3 Å². The Balaban J connectivity index is 3.02. The first-order chi connectivity index (χ1) is 6.55. The first-order valence-corrected chi connectivity index (χ1v) is 4.61. The van der Waals surface area contributed by atoms with Gasteiger partial charge in [0.25, 0.3) is 0 Å². The van der Waals surface area contributed by atoms with Crippen molar-refractivity contribution in [2.24, 2.45) is 12.5 Å². The molecule has 2 atom stereocenters. The molecular weight excluding hydrogens is 178 g/mol. The minimum absolute atomic E-state index is 0.538. The maximum Gasteiger partial charge on any atom is 0.139 e. The van der Waals surface area contributed by atoms with E-state index in [9.17, 15) is 5.11 Å². The molecule has 1 rings (SSSR count). The van der Waals surface area contributed by atoms with Crippen LogP contribution in [0.2, 0.25) is 0 Å². The number of imidazole rings is 1. The summed E-state index contributed by atoms with van der Waals surface area (Å²) in [6, 6.07) is 2.14. The van der Waals surface area contributed by atoms with Crippen LogP contribution in [0.5, 0.6) is 0 Å². The van der Waals surface area contributed by atoms with Gasteiger partial charge in [-0.15, -0.1) is 0 Å². The number of nitrogens with zero attached hydrogens (tertiary/aromatic N) is 3. The zero-order valence-corrected chi connectivity index (χ0v) is 8.73. The van der Waals surface area contributed by atoms with Crippen LogP contribution in [0.15, 0.2) is 12.4 Å². The number of aliphatic hydroxyl groups is 1. The minimum Gasteiger partial charge on any atom is -0.383 e. The smallest absolute Gasteiger partial charge is 0.139 e. The molecule has 1 aromatic heterocycles. The fourth-order valence-electron chi connectivity index (χ4n) is 1.26. The van der Waals surface area contributed by atoms with Crippen molar-refractivity contribution in [3.63, 3.8) is 0 Å². The SMILES string of the molecule is CCC(C)(C#N)C(O)c1nccn1C. The predicted octanol–water partition coefficient (Wildman–Crippen LogP) is 1.39. The second-order valence-corrected chi connectivity index (χ2v) is 3.68. The summed E-state index contributed by atoms with van der Waals surface area (Å²) in [5, 5.41) is 19.0. The Kier molecular flexibility index (Phi) is 2.92. The summed E-state index contributed by atoms with van der Waals surface area (Å²) in [4.78, 5) is 4.04. The molecule has 4 nitrogen and oxygen atoms in total. The third kappa shape index (κ3) is 1.64. The monoisotopic (exact) mass is 193 g/mol. The molecule has 0 amide bonds. The molecule has 0 spiro atoms. The first-order valence-electron chi connectivity index (χ1n) is 4.61. The quantitative estimate of drug-likeness (QED) is 0.789. The number of hydrogen-bond donors (Lipinski definition) is 1. The Morgan fingerprint density at radius 3 is 2.79 bits per heavy atom. The number of rotatable bonds is 3. The lowest BCUT2D eigenvalue weighted by Gasteiger charge is -2.25. The van der Waals surface area contributed by atoms with Gasteiger partial charge >= 0.3 is 0 Å². The van der Waals surface area contributed by atoms with Crippen LogP contribution in [0, 0.1) is 16.7 Å². The molecule has 0 aromatic carbocycles. The van der Waals surface area contributed by atoms with E-state index in [-0.39, 0.29) is 0 Å². The summed E-state index contributed by atoms with van der Waals surface area (Å²) in [6.07, 6.45) is 3.13. The van der Waals surface area contributed by atoms with Crippen molar-refractivity contribution >= 4 is 0 Å². The van der Waals surface area contributed by atoms with E-state index >= 15 is 0 Å². The summed E-state index contributed by atoms with van der Waals surface area (Å²) in [5.41, 5.74) is -0.765. The van der Waals surface area contributed by atoms with Crippen LogP contribution in [0.3, 0.4) is 0 Å². The van der Waals surface area contributed by atoms with E-state index < -0.39 is 11.5 Å². The predicted molar refractivity (Wildman–Crippen MR) is 52.2 cm³/mol. The topological polar surface area (TPSA) is 61.8 Å². The number of aliphatic hydroxyl groups excluding tert-OH is 1. The number of nitriles is 1. The van der Waals surface area contributed by atoms with Crippen LogP contribution < -0.4 is 0 Å². The van der Waals surface area contributed by atoms with Crippen LogP contribution >= 0.6 is 0 Å². The fraction of sp³-hybridized carbons (Fsp3) is 0.600. The molecule has 0 aliphatic carbocycles. The second kappa shape index (κ2) is 3.81. The highest BCUT2D eigenvalue weighted by Crippen LogP contribution is 2.34. The van der Waals surface area contributed by atoms with Gasteiger partial charge in [0.05, 0.1) is 11.5 Å². The molecule has 76 valence electrons. The largest absolute Gasteiger partial charge is 0.383 e. The van der Waals surface area contributed by atoms with Crippen LogP contribution in [-0.4, -0.2) is 14.7 Å². The Bertz CT molecular complexity index is 352. The molecular formula is C10H15N3O. The van der Waals surface area contributed by atoms with E-state index in [1.54, 1.807) is 30.9 Å². The van der Waals surface area contributed by atoms with Gasteiger partial charge in [0.2, 0.25) is 0 Å². The standard InChI is InChI=1S/C10H15N3O/c1-4-10(2,7-11)8(14)9-12-5-6-13(9)3/h5-6,8,14H,4H2,1-3H3. The lowest BCUT2D eigenvalue weighted by molar-refractivity contribution is 0.0619. The van der Waals surface area contributed by atoms with Crippen molar-refractivity contribution in [1.82, 2.24) is 9.55 Å². The van der Waals surface area contributed by atoms with E-state index in [0.717, 1.165) is 0 Å². The molecule has 0 bridgehead atoms. The molecule has 2 unspecified atom stereocenters. The molecule has 0 saturated carbocycles. The van der Waals surface area contributed by atoms with Gasteiger partial charge in [0.1, 0.15) is 11.9 Å². The Morgan fingerprint density at radius 2 is 2.43 bits per heavy atom. The minimum atomic E-state index is -0.836. The molecule has 0 aliphatic rings. The van der Waals surface area contributed by atoms with E-state index in [1.807, 2.05) is 6.92 Å². The van der Waals surface area contributed by atoms with Crippen LogP contribution in [0.25, 0.3) is 0 Å². The van der Waals surface area contributed by atoms with E-state index in [4.69, 9.17) is 5.26 Å². The third-order valence-electron chi connectivity index (χ3n) is 2.70. The van der Waals surface area contributed by atoms with Gasteiger partial charge in [0.15, 0.2) is 0 Å². The summed E-state index contributed by atoms with van der Waals surface area (Å²) >= 11 is 0. The summed E-state index contributed by atoms with van der Waals surface area (Å²) in [7, 11) is 1.80. The maximum atomic E-state index is 10.0. The molecule has 1 aromatic rings. The average Bonchev–Trinajstić information content (AvgIpc) is 2.62. The fourth-order valence-corrected chi connectivity index (χ4v) is 1.26. The van der Waals surface area contributed by atoms with Crippen LogP contribution in [0.1, 0.15) is 32.2 Å². The number of aromatic nitrogens is 2. The second-order valence-electron chi connectivity index (χ2n) is 3.68. The van der Waals surface area contributed by atoms with Crippen molar-refractivity contribution in [3.05, 3.63) is 18.2 Å². The van der Waals surface area contributed by atoms with Crippen LogP contribution in [-0.2, 0) is 7.05 Å². The maximum absolute atomic E-state index is 10.0. The highest BCUT2D eigenvalue weighted by molar-refractivity contribution is 5.09. The third-order valence-corrected chi connectivity index (χ3v) is 2.70. The molecule has 1 heterocycles. The lowest BCUT2D eigenvalue weighted by atomic mass is 9.83. The summed E-state index contributed by atoms with van der Waals surface area (Å²) in [6.45, 7) is 3.63. The van der Waals surface area contributed by atoms with Gasteiger partial charge in [-0.25, -0.2) is 4.98 Å². The van der Waals surface area contributed by atoms with E-state index in [0.29, 0.717) is 12.2 Å². The van der Waals surface area contributed by atoms with Crippen molar-refractivity contribution in [2.75, 3.05) is 0 Å². The Labute approximate surface area is 83.8 Å². The molecule has 0 saturated heterocycles. The molecule has 0 radical (unpaired) electrons. The Morgan fingerprint density at radius 1 is 1.79 bits per heavy atom. The molecule has 1 N–H and O–H groups in total. The summed E-state index contributed by atoms with van der Waals surface area (Å²) in [5.74, 6) is 0.538. The summed E-state index contributed by atoms with van der Waals surface area (Å²) < 4.78 is 1.73. The number of hydrogen-bond acceptors (Lipinski definition) is 3. The van der Waals surface area contributed by atoms with Gasteiger partial charge in [-0.1, -0.05) is 6.92 Å². The van der Waals surface area contributed by atoms with Crippen molar-refractivity contribution in [2.45, 2.75) is 26.4 Å². The average molecular weight is 193 g/mol. The Hall–Kier alpha value is -1.34. The first kappa shape index (κ1) is 10.7. The number of aryl methyl sites for hydroxylation is 1. The van der Waals surface area contributed by atoms with E-state index in [2.05, 4.69) is 11.1 Å².